The minimum Gasteiger partial charge on any atom is -0.339 e. The summed E-state index contributed by atoms with van der Waals surface area (Å²) < 4.78 is 0. The van der Waals surface area contributed by atoms with Gasteiger partial charge in [-0.2, -0.15) is 0 Å². The van der Waals surface area contributed by atoms with E-state index in [-0.39, 0.29) is 5.91 Å². The zero-order valence-electron chi connectivity index (χ0n) is 14.1. The van der Waals surface area contributed by atoms with Crippen LogP contribution in [0.5, 0.6) is 0 Å². The first-order chi connectivity index (χ1) is 12.0. The molecule has 0 unspecified atom stereocenters. The van der Waals surface area contributed by atoms with Crippen molar-refractivity contribution < 1.29 is 14.4 Å². The molecule has 1 N–H and O–H groups in total. The molecular formula is C20H20N2O3. The maximum absolute atomic E-state index is 12.3. The van der Waals surface area contributed by atoms with Gasteiger partial charge >= 0.3 is 0 Å². The van der Waals surface area contributed by atoms with Gasteiger partial charge in [0.25, 0.3) is 17.6 Å². The molecule has 1 aliphatic heterocycles. The average molecular weight is 336 g/mol. The Labute approximate surface area is 146 Å². The van der Waals surface area contributed by atoms with Crippen molar-refractivity contribution in [3.8, 4) is 0 Å². The van der Waals surface area contributed by atoms with Gasteiger partial charge in [0.2, 0.25) is 0 Å². The number of Topliss-reactive ketones (excluding diaryl/α,β-unsaturated/α-hetero) is 1. The van der Waals surface area contributed by atoms with Crippen LogP contribution in [0.15, 0.2) is 48.5 Å². The quantitative estimate of drug-likeness (QED) is 0.689. The number of hydrogen-bond donors (Lipinski definition) is 1. The first-order valence-corrected chi connectivity index (χ1v) is 8.36. The third-order valence-corrected chi connectivity index (χ3v) is 4.30. The van der Waals surface area contributed by atoms with E-state index in [1.54, 1.807) is 48.5 Å². The number of aryl methyl sites for hydroxylation is 1. The molecule has 0 aromatic heterocycles. The van der Waals surface area contributed by atoms with Crippen molar-refractivity contribution in [2.45, 2.75) is 19.8 Å². The van der Waals surface area contributed by atoms with E-state index < -0.39 is 11.7 Å². The Bertz CT molecular complexity index is 789. The number of anilines is 1. The summed E-state index contributed by atoms with van der Waals surface area (Å²) in [6, 6.07) is 13.5. The number of benzene rings is 2. The van der Waals surface area contributed by atoms with Crippen molar-refractivity contribution in [1.82, 2.24) is 4.90 Å². The molecule has 0 saturated carbocycles. The highest BCUT2D eigenvalue weighted by Gasteiger charge is 2.20. The molecule has 1 fully saturated rings. The molecule has 0 spiro atoms. The molecule has 2 amide bonds. The summed E-state index contributed by atoms with van der Waals surface area (Å²) in [6.07, 6.45) is 2.09. The summed E-state index contributed by atoms with van der Waals surface area (Å²) in [5.41, 5.74) is 2.45. The number of nitrogens with zero attached hydrogens (tertiary/aromatic N) is 1. The van der Waals surface area contributed by atoms with E-state index in [1.165, 1.54) is 0 Å². The molecule has 2 aromatic carbocycles. The van der Waals surface area contributed by atoms with E-state index in [0.29, 0.717) is 16.8 Å². The van der Waals surface area contributed by atoms with Crippen LogP contribution < -0.4 is 5.32 Å². The highest BCUT2D eigenvalue weighted by molar-refractivity contribution is 6.46. The van der Waals surface area contributed by atoms with Crippen molar-refractivity contribution in [2.75, 3.05) is 18.4 Å². The van der Waals surface area contributed by atoms with Gasteiger partial charge in [-0.25, -0.2) is 0 Å². The fourth-order valence-electron chi connectivity index (χ4n) is 2.82. The van der Waals surface area contributed by atoms with Crippen molar-refractivity contribution in [3.63, 3.8) is 0 Å². The van der Waals surface area contributed by atoms with E-state index in [2.05, 4.69) is 5.32 Å². The zero-order valence-corrected chi connectivity index (χ0v) is 14.1. The van der Waals surface area contributed by atoms with Gasteiger partial charge in [0.05, 0.1) is 0 Å². The molecule has 2 aromatic rings. The molecule has 128 valence electrons. The van der Waals surface area contributed by atoms with Gasteiger partial charge in [-0.1, -0.05) is 29.8 Å². The smallest absolute Gasteiger partial charge is 0.296 e. The normalized spacial score (nSPS) is 13.6. The lowest BCUT2D eigenvalue weighted by molar-refractivity contribution is -0.112. The Balaban J connectivity index is 1.64. The van der Waals surface area contributed by atoms with E-state index in [1.807, 2.05) is 11.8 Å². The standard InChI is InChI=1S/C20H20N2O3/c1-14-4-6-15(7-5-14)18(23)19(24)21-17-10-8-16(9-11-17)20(25)22-12-2-3-13-22/h4-11H,2-3,12-13H2,1H3,(H,21,24). The molecule has 0 aliphatic carbocycles. The molecule has 1 heterocycles. The maximum atomic E-state index is 12.3. The summed E-state index contributed by atoms with van der Waals surface area (Å²) in [6.45, 7) is 3.50. The van der Waals surface area contributed by atoms with Crippen LogP contribution in [0.2, 0.25) is 0 Å². The van der Waals surface area contributed by atoms with Crippen molar-refractivity contribution in [3.05, 3.63) is 65.2 Å². The molecule has 0 atom stereocenters. The predicted molar refractivity (Wildman–Crippen MR) is 95.7 cm³/mol. The van der Waals surface area contributed by atoms with Crippen LogP contribution in [-0.2, 0) is 4.79 Å². The minimum absolute atomic E-state index is 0.00566. The second kappa shape index (κ2) is 7.30. The van der Waals surface area contributed by atoms with E-state index in [4.69, 9.17) is 0 Å². The first-order valence-electron chi connectivity index (χ1n) is 8.36. The SMILES string of the molecule is Cc1ccc(C(=O)C(=O)Nc2ccc(C(=O)N3CCCC3)cc2)cc1. The molecule has 5 heteroatoms. The predicted octanol–water partition coefficient (Wildman–Crippen LogP) is 3.05. The topological polar surface area (TPSA) is 66.5 Å². The Morgan fingerprint density at radius 2 is 1.40 bits per heavy atom. The molecule has 25 heavy (non-hydrogen) atoms. The van der Waals surface area contributed by atoms with Crippen LogP contribution in [0, 0.1) is 6.92 Å². The second-order valence-electron chi connectivity index (χ2n) is 6.23. The Kier molecular flexibility index (Phi) is 4.93. The maximum Gasteiger partial charge on any atom is 0.296 e. The second-order valence-corrected chi connectivity index (χ2v) is 6.23. The van der Waals surface area contributed by atoms with Crippen LogP contribution in [0.25, 0.3) is 0 Å². The fraction of sp³-hybridized carbons (Fsp3) is 0.250. The minimum atomic E-state index is -0.692. The third kappa shape index (κ3) is 3.94. The summed E-state index contributed by atoms with van der Waals surface area (Å²) in [7, 11) is 0. The fourth-order valence-corrected chi connectivity index (χ4v) is 2.82. The van der Waals surface area contributed by atoms with Crippen LogP contribution in [-0.4, -0.2) is 35.6 Å². The molecule has 0 radical (unpaired) electrons. The molecule has 1 saturated heterocycles. The summed E-state index contributed by atoms with van der Waals surface area (Å²) >= 11 is 0. The van der Waals surface area contributed by atoms with Crippen LogP contribution in [0.4, 0.5) is 5.69 Å². The van der Waals surface area contributed by atoms with Crippen LogP contribution in [0.1, 0.15) is 39.1 Å². The van der Waals surface area contributed by atoms with Crippen LogP contribution >= 0.6 is 0 Å². The van der Waals surface area contributed by atoms with Crippen molar-refractivity contribution in [2.24, 2.45) is 0 Å². The number of nitrogens with one attached hydrogen (secondary N) is 1. The number of carbonyl (C=O) groups excluding carboxylic acids is 3. The third-order valence-electron chi connectivity index (χ3n) is 4.30. The lowest BCUT2D eigenvalue weighted by Gasteiger charge is -2.15. The lowest BCUT2D eigenvalue weighted by Crippen LogP contribution is -2.27. The number of amides is 2. The monoisotopic (exact) mass is 336 g/mol. The number of likely N-dealkylation sites (tertiary alicyclic amines) is 1. The molecular weight excluding hydrogens is 316 g/mol. The van der Waals surface area contributed by atoms with Crippen LogP contribution in [0.3, 0.4) is 0 Å². The van der Waals surface area contributed by atoms with Crippen molar-refractivity contribution >= 4 is 23.3 Å². The zero-order chi connectivity index (χ0) is 17.8. The van der Waals surface area contributed by atoms with Gasteiger partial charge in [0.1, 0.15) is 0 Å². The van der Waals surface area contributed by atoms with Gasteiger partial charge in [0, 0.05) is 29.9 Å². The largest absolute Gasteiger partial charge is 0.339 e. The number of hydrogen-bond acceptors (Lipinski definition) is 3. The Morgan fingerprint density at radius 3 is 2.00 bits per heavy atom. The van der Waals surface area contributed by atoms with Gasteiger partial charge in [0.15, 0.2) is 0 Å². The van der Waals surface area contributed by atoms with E-state index in [9.17, 15) is 14.4 Å². The summed E-state index contributed by atoms with van der Waals surface area (Å²) in [4.78, 5) is 38.3. The highest BCUT2D eigenvalue weighted by Crippen LogP contribution is 2.16. The summed E-state index contributed by atoms with van der Waals surface area (Å²) in [5.74, 6) is -1.27. The van der Waals surface area contributed by atoms with Gasteiger partial charge in [-0.15, -0.1) is 0 Å². The van der Waals surface area contributed by atoms with E-state index >= 15 is 0 Å². The highest BCUT2D eigenvalue weighted by atomic mass is 16.2. The molecule has 3 rings (SSSR count). The van der Waals surface area contributed by atoms with Gasteiger partial charge in [-0.3, -0.25) is 14.4 Å². The molecule has 5 nitrogen and oxygen atoms in total. The lowest BCUT2D eigenvalue weighted by atomic mass is 10.1. The number of carbonyl (C=O) groups is 3. The summed E-state index contributed by atoms with van der Waals surface area (Å²) in [5, 5.41) is 2.58. The van der Waals surface area contributed by atoms with E-state index in [0.717, 1.165) is 31.5 Å². The Hall–Kier alpha value is -2.95. The first kappa shape index (κ1) is 16.9. The average Bonchev–Trinajstić information content (AvgIpc) is 3.16. The number of rotatable bonds is 4. The molecule has 0 bridgehead atoms. The van der Waals surface area contributed by atoms with Crippen molar-refractivity contribution in [1.29, 1.82) is 0 Å². The van der Waals surface area contributed by atoms with Gasteiger partial charge in [-0.05, 0) is 44.0 Å². The molecule has 1 aliphatic rings. The van der Waals surface area contributed by atoms with Gasteiger partial charge < -0.3 is 10.2 Å². The number of ketones is 1. The Morgan fingerprint density at radius 1 is 0.840 bits per heavy atom.